The van der Waals surface area contributed by atoms with E-state index in [9.17, 15) is 22.8 Å². The van der Waals surface area contributed by atoms with Crippen molar-refractivity contribution in [3.05, 3.63) is 35.9 Å². The van der Waals surface area contributed by atoms with Crippen molar-refractivity contribution in [2.45, 2.75) is 32.7 Å². The SMILES string of the molecule is CC(C)[C@H](NC(=O)OCc1ccccc1)C(=O)OCC(F)(F)F. The molecule has 128 valence electrons. The third-order valence-electron chi connectivity index (χ3n) is 2.78. The second-order valence-corrected chi connectivity index (χ2v) is 5.15. The van der Waals surface area contributed by atoms with Crippen LogP contribution in [-0.2, 0) is 20.9 Å². The Morgan fingerprint density at radius 3 is 2.26 bits per heavy atom. The van der Waals surface area contributed by atoms with Crippen LogP contribution in [0.3, 0.4) is 0 Å². The molecule has 1 amide bonds. The number of carbonyl (C=O) groups is 2. The first kappa shape index (κ1) is 18.8. The average Bonchev–Trinajstić information content (AvgIpc) is 2.48. The number of rotatable bonds is 6. The summed E-state index contributed by atoms with van der Waals surface area (Å²) in [5.74, 6) is -1.62. The third kappa shape index (κ3) is 7.53. The summed E-state index contributed by atoms with van der Waals surface area (Å²) in [6, 6.07) is 7.59. The van der Waals surface area contributed by atoms with Gasteiger partial charge in [0.15, 0.2) is 6.61 Å². The van der Waals surface area contributed by atoms with Crippen LogP contribution < -0.4 is 5.32 Å². The van der Waals surface area contributed by atoms with Gasteiger partial charge in [-0.15, -0.1) is 0 Å². The minimum atomic E-state index is -4.62. The van der Waals surface area contributed by atoms with E-state index in [2.05, 4.69) is 10.1 Å². The summed E-state index contributed by atoms with van der Waals surface area (Å²) < 4.78 is 45.3. The lowest BCUT2D eigenvalue weighted by molar-refractivity contribution is -0.188. The standard InChI is InChI=1S/C15H18F3NO4/c1-10(2)12(13(20)23-9-15(16,17)18)19-14(21)22-8-11-6-4-3-5-7-11/h3-7,10,12H,8-9H2,1-2H3,(H,19,21)/t12-/m0/s1. The Bertz CT molecular complexity index is 517. The summed E-state index contributed by atoms with van der Waals surface area (Å²) >= 11 is 0. The van der Waals surface area contributed by atoms with Gasteiger partial charge in [0.25, 0.3) is 0 Å². The fraction of sp³-hybridized carbons (Fsp3) is 0.467. The van der Waals surface area contributed by atoms with Gasteiger partial charge in [-0.05, 0) is 11.5 Å². The predicted octanol–water partition coefficient (Wildman–Crippen LogP) is 3.04. The number of esters is 1. The van der Waals surface area contributed by atoms with Gasteiger partial charge in [-0.1, -0.05) is 44.2 Å². The summed E-state index contributed by atoms with van der Waals surface area (Å²) in [6.45, 7) is 1.42. The van der Waals surface area contributed by atoms with Crippen molar-refractivity contribution in [2.75, 3.05) is 6.61 Å². The molecule has 0 aliphatic rings. The van der Waals surface area contributed by atoms with E-state index in [-0.39, 0.29) is 6.61 Å². The first-order valence-electron chi connectivity index (χ1n) is 6.89. The maximum Gasteiger partial charge on any atom is 0.422 e. The molecule has 0 bridgehead atoms. The van der Waals surface area contributed by atoms with Crippen molar-refractivity contribution in [1.29, 1.82) is 0 Å². The largest absolute Gasteiger partial charge is 0.454 e. The molecular formula is C15H18F3NO4. The minimum absolute atomic E-state index is 0.0188. The van der Waals surface area contributed by atoms with Gasteiger partial charge in [0.05, 0.1) is 0 Å². The highest BCUT2D eigenvalue weighted by atomic mass is 19.4. The first-order valence-corrected chi connectivity index (χ1v) is 6.89. The molecule has 0 radical (unpaired) electrons. The molecule has 1 rings (SSSR count). The molecule has 0 aromatic heterocycles. The fourth-order valence-electron chi connectivity index (χ4n) is 1.63. The molecule has 1 atom stereocenters. The van der Waals surface area contributed by atoms with Gasteiger partial charge in [0, 0.05) is 0 Å². The zero-order valence-corrected chi connectivity index (χ0v) is 12.7. The van der Waals surface area contributed by atoms with Crippen LogP contribution in [0.1, 0.15) is 19.4 Å². The van der Waals surface area contributed by atoms with Gasteiger partial charge in [0.1, 0.15) is 12.6 Å². The Morgan fingerprint density at radius 2 is 1.74 bits per heavy atom. The summed E-state index contributed by atoms with van der Waals surface area (Å²) in [4.78, 5) is 23.3. The van der Waals surface area contributed by atoms with Crippen molar-refractivity contribution < 1.29 is 32.2 Å². The topological polar surface area (TPSA) is 64.6 Å². The lowest BCUT2D eigenvalue weighted by Crippen LogP contribution is -2.46. The number of nitrogens with one attached hydrogen (secondary N) is 1. The predicted molar refractivity (Wildman–Crippen MR) is 75.4 cm³/mol. The molecule has 1 aromatic rings. The number of ether oxygens (including phenoxy) is 2. The van der Waals surface area contributed by atoms with Gasteiger partial charge < -0.3 is 14.8 Å². The fourth-order valence-corrected chi connectivity index (χ4v) is 1.63. The number of hydrogen-bond acceptors (Lipinski definition) is 4. The molecule has 1 N–H and O–H groups in total. The minimum Gasteiger partial charge on any atom is -0.454 e. The first-order chi connectivity index (χ1) is 10.7. The van der Waals surface area contributed by atoms with E-state index in [0.717, 1.165) is 5.56 Å². The smallest absolute Gasteiger partial charge is 0.422 e. The highest BCUT2D eigenvalue weighted by molar-refractivity contribution is 5.81. The average molecular weight is 333 g/mol. The Labute approximate surface area is 131 Å². The second-order valence-electron chi connectivity index (χ2n) is 5.15. The molecule has 8 heteroatoms. The number of hydrogen-bond donors (Lipinski definition) is 1. The van der Waals surface area contributed by atoms with E-state index in [4.69, 9.17) is 4.74 Å². The summed E-state index contributed by atoms with van der Waals surface area (Å²) in [5, 5.41) is 2.22. The van der Waals surface area contributed by atoms with Gasteiger partial charge in [0.2, 0.25) is 0 Å². The molecule has 0 unspecified atom stereocenters. The molecule has 0 aliphatic carbocycles. The molecule has 1 aromatic carbocycles. The van der Waals surface area contributed by atoms with Gasteiger partial charge in [-0.2, -0.15) is 13.2 Å². The van der Waals surface area contributed by atoms with Crippen LogP contribution in [0.5, 0.6) is 0 Å². The zero-order chi connectivity index (χ0) is 17.5. The van der Waals surface area contributed by atoms with E-state index in [1.54, 1.807) is 44.2 Å². The molecule has 0 saturated carbocycles. The number of carbonyl (C=O) groups excluding carboxylic acids is 2. The maximum absolute atomic E-state index is 12.1. The van der Waals surface area contributed by atoms with Crippen molar-refractivity contribution in [3.63, 3.8) is 0 Å². The van der Waals surface area contributed by atoms with Crippen LogP contribution in [0, 0.1) is 5.92 Å². The van der Waals surface area contributed by atoms with Gasteiger partial charge in [-0.3, -0.25) is 0 Å². The van der Waals surface area contributed by atoms with Gasteiger partial charge in [-0.25, -0.2) is 9.59 Å². The number of halogens is 3. The lowest BCUT2D eigenvalue weighted by atomic mass is 10.1. The summed E-state index contributed by atoms with van der Waals surface area (Å²) in [5.41, 5.74) is 0.739. The van der Waals surface area contributed by atoms with Gasteiger partial charge >= 0.3 is 18.2 Å². The van der Waals surface area contributed by atoms with Crippen molar-refractivity contribution >= 4 is 12.1 Å². The molecule has 0 saturated heterocycles. The number of alkyl carbamates (subject to hydrolysis) is 1. The number of amides is 1. The van der Waals surface area contributed by atoms with Crippen LogP contribution in [0.15, 0.2) is 30.3 Å². The van der Waals surface area contributed by atoms with Crippen LogP contribution in [-0.4, -0.2) is 30.9 Å². The van der Waals surface area contributed by atoms with Crippen molar-refractivity contribution in [3.8, 4) is 0 Å². The molecule has 23 heavy (non-hydrogen) atoms. The molecule has 0 fully saturated rings. The third-order valence-corrected chi connectivity index (χ3v) is 2.78. The maximum atomic E-state index is 12.1. The molecular weight excluding hydrogens is 315 g/mol. The Hall–Kier alpha value is -2.25. The molecule has 0 aliphatic heterocycles. The van der Waals surface area contributed by atoms with Crippen molar-refractivity contribution in [1.82, 2.24) is 5.32 Å². The van der Waals surface area contributed by atoms with E-state index >= 15 is 0 Å². The van der Waals surface area contributed by atoms with Crippen LogP contribution in [0.25, 0.3) is 0 Å². The highest BCUT2D eigenvalue weighted by Crippen LogP contribution is 2.15. The van der Waals surface area contributed by atoms with Crippen LogP contribution in [0.4, 0.5) is 18.0 Å². The Morgan fingerprint density at radius 1 is 1.13 bits per heavy atom. The van der Waals surface area contributed by atoms with E-state index in [1.807, 2.05) is 0 Å². The molecule has 0 heterocycles. The summed E-state index contributed by atoms with van der Waals surface area (Å²) in [7, 11) is 0. The summed E-state index contributed by atoms with van der Waals surface area (Å²) in [6.07, 6.45) is -5.53. The van der Waals surface area contributed by atoms with Crippen LogP contribution >= 0.6 is 0 Å². The normalized spacial score (nSPS) is 12.6. The number of alkyl halides is 3. The second kappa shape index (κ2) is 8.40. The highest BCUT2D eigenvalue weighted by Gasteiger charge is 2.33. The number of benzene rings is 1. The molecule has 0 spiro atoms. The van der Waals surface area contributed by atoms with Crippen LogP contribution in [0.2, 0.25) is 0 Å². The van der Waals surface area contributed by atoms with E-state index < -0.39 is 36.8 Å². The Balaban J connectivity index is 2.51. The monoisotopic (exact) mass is 333 g/mol. The molecule has 5 nitrogen and oxygen atoms in total. The lowest BCUT2D eigenvalue weighted by Gasteiger charge is -2.21. The van der Waals surface area contributed by atoms with E-state index in [0.29, 0.717) is 0 Å². The Kier molecular flexibility index (Phi) is 6.87. The van der Waals surface area contributed by atoms with E-state index in [1.165, 1.54) is 0 Å². The zero-order valence-electron chi connectivity index (χ0n) is 12.7. The quantitative estimate of drug-likeness (QED) is 0.813. The van der Waals surface area contributed by atoms with Crippen molar-refractivity contribution in [2.24, 2.45) is 5.92 Å².